The SMILES string of the molecule is COc1ccc(Cl)cc1C(=O)Nc1cc(C2CC2)nn1C1NC(=O)CC(C)N1. The number of hydrogen-bond donors (Lipinski definition) is 3. The maximum absolute atomic E-state index is 12.9. The molecule has 4 rings (SSSR count). The van der Waals surface area contributed by atoms with Crippen LogP contribution in [0.2, 0.25) is 5.02 Å². The van der Waals surface area contributed by atoms with Crippen molar-refractivity contribution in [2.45, 2.75) is 44.4 Å². The molecule has 0 bridgehead atoms. The van der Waals surface area contributed by atoms with Gasteiger partial charge in [-0.15, -0.1) is 0 Å². The van der Waals surface area contributed by atoms with Gasteiger partial charge in [-0.05, 0) is 38.0 Å². The molecular weight excluding hydrogens is 382 g/mol. The van der Waals surface area contributed by atoms with Crippen molar-refractivity contribution >= 4 is 29.2 Å². The van der Waals surface area contributed by atoms with Gasteiger partial charge in [-0.25, -0.2) is 4.68 Å². The molecule has 148 valence electrons. The lowest BCUT2D eigenvalue weighted by molar-refractivity contribution is -0.125. The highest BCUT2D eigenvalue weighted by atomic mass is 35.5. The zero-order chi connectivity index (χ0) is 19.8. The average molecular weight is 404 g/mol. The number of nitrogens with one attached hydrogen (secondary N) is 3. The molecule has 2 fully saturated rings. The monoisotopic (exact) mass is 403 g/mol. The summed E-state index contributed by atoms with van der Waals surface area (Å²) in [7, 11) is 1.50. The molecule has 2 aromatic rings. The zero-order valence-corrected chi connectivity index (χ0v) is 16.4. The molecule has 1 saturated carbocycles. The summed E-state index contributed by atoms with van der Waals surface area (Å²) in [6.45, 7) is 1.94. The molecule has 3 N–H and O–H groups in total. The highest BCUT2D eigenvalue weighted by Gasteiger charge is 2.32. The second kappa shape index (κ2) is 7.44. The van der Waals surface area contributed by atoms with E-state index in [2.05, 4.69) is 21.0 Å². The van der Waals surface area contributed by atoms with Crippen molar-refractivity contribution in [1.29, 1.82) is 0 Å². The minimum Gasteiger partial charge on any atom is -0.496 e. The summed E-state index contributed by atoms with van der Waals surface area (Å²) in [5, 5.41) is 14.1. The molecule has 2 unspecified atom stereocenters. The fourth-order valence-electron chi connectivity index (χ4n) is 3.31. The molecule has 0 radical (unpaired) electrons. The first-order chi connectivity index (χ1) is 13.4. The summed E-state index contributed by atoms with van der Waals surface area (Å²) in [5.41, 5.74) is 1.23. The van der Waals surface area contributed by atoms with Crippen molar-refractivity contribution in [3.8, 4) is 5.75 Å². The minimum atomic E-state index is -0.527. The smallest absolute Gasteiger partial charge is 0.260 e. The third kappa shape index (κ3) is 3.83. The average Bonchev–Trinajstić information content (AvgIpc) is 3.41. The molecule has 1 aliphatic heterocycles. The minimum absolute atomic E-state index is 0.00361. The lowest BCUT2D eigenvalue weighted by Crippen LogP contribution is -2.52. The number of benzene rings is 1. The van der Waals surface area contributed by atoms with E-state index in [1.165, 1.54) is 7.11 Å². The number of rotatable bonds is 5. The molecule has 8 nitrogen and oxygen atoms in total. The Kier molecular flexibility index (Phi) is 4.99. The molecule has 1 aromatic carbocycles. The van der Waals surface area contributed by atoms with Crippen molar-refractivity contribution in [2.75, 3.05) is 12.4 Å². The first-order valence-corrected chi connectivity index (χ1v) is 9.62. The number of carbonyl (C=O) groups excluding carboxylic acids is 2. The van der Waals surface area contributed by atoms with E-state index in [0.29, 0.717) is 34.5 Å². The fraction of sp³-hybridized carbons (Fsp3) is 0.421. The predicted molar refractivity (Wildman–Crippen MR) is 105 cm³/mol. The van der Waals surface area contributed by atoms with Crippen molar-refractivity contribution in [3.63, 3.8) is 0 Å². The van der Waals surface area contributed by atoms with Crippen LogP contribution in [0.4, 0.5) is 5.82 Å². The Labute approximate surface area is 167 Å². The van der Waals surface area contributed by atoms with E-state index >= 15 is 0 Å². The molecular formula is C19H22ClN5O3. The lowest BCUT2D eigenvalue weighted by Gasteiger charge is -2.30. The Morgan fingerprint density at radius 2 is 2.14 bits per heavy atom. The second-order valence-corrected chi connectivity index (χ2v) is 7.65. The van der Waals surface area contributed by atoms with E-state index in [1.54, 1.807) is 22.9 Å². The van der Waals surface area contributed by atoms with Gasteiger partial charge >= 0.3 is 0 Å². The Bertz CT molecular complexity index is 924. The largest absolute Gasteiger partial charge is 0.496 e. The number of ether oxygens (including phenoxy) is 1. The molecule has 1 aliphatic carbocycles. The van der Waals surface area contributed by atoms with Gasteiger partial charge in [0, 0.05) is 29.5 Å². The van der Waals surface area contributed by atoms with Crippen LogP contribution in [0.25, 0.3) is 0 Å². The number of amides is 2. The van der Waals surface area contributed by atoms with E-state index in [0.717, 1.165) is 18.5 Å². The summed E-state index contributed by atoms with van der Waals surface area (Å²) in [6.07, 6.45) is 2.02. The van der Waals surface area contributed by atoms with Crippen LogP contribution in [-0.2, 0) is 4.79 Å². The molecule has 2 amide bonds. The number of anilines is 1. The number of hydrogen-bond acceptors (Lipinski definition) is 5. The van der Waals surface area contributed by atoms with Gasteiger partial charge in [0.05, 0.1) is 18.4 Å². The highest BCUT2D eigenvalue weighted by molar-refractivity contribution is 6.31. The summed E-state index contributed by atoms with van der Waals surface area (Å²) >= 11 is 6.05. The summed E-state index contributed by atoms with van der Waals surface area (Å²) in [5.74, 6) is 0.898. The zero-order valence-electron chi connectivity index (χ0n) is 15.7. The Morgan fingerprint density at radius 1 is 1.36 bits per heavy atom. The quantitative estimate of drug-likeness (QED) is 0.713. The van der Waals surface area contributed by atoms with Crippen LogP contribution in [0, 0.1) is 0 Å². The van der Waals surface area contributed by atoms with Crippen LogP contribution in [-0.4, -0.2) is 34.7 Å². The molecule has 9 heteroatoms. The number of nitrogens with zero attached hydrogens (tertiary/aromatic N) is 2. The van der Waals surface area contributed by atoms with E-state index in [9.17, 15) is 9.59 Å². The molecule has 1 aromatic heterocycles. The molecule has 2 atom stereocenters. The topological polar surface area (TPSA) is 97.3 Å². The molecule has 2 aliphatic rings. The van der Waals surface area contributed by atoms with Gasteiger partial charge in [-0.3, -0.25) is 14.9 Å². The fourth-order valence-corrected chi connectivity index (χ4v) is 3.49. The third-order valence-corrected chi connectivity index (χ3v) is 5.11. The summed E-state index contributed by atoms with van der Waals surface area (Å²) in [4.78, 5) is 24.9. The Hall–Kier alpha value is -2.58. The number of halogens is 1. The Morgan fingerprint density at radius 3 is 2.82 bits per heavy atom. The first kappa shape index (κ1) is 18.8. The summed E-state index contributed by atoms with van der Waals surface area (Å²) < 4.78 is 6.90. The molecule has 1 saturated heterocycles. The van der Waals surface area contributed by atoms with Gasteiger partial charge in [0.1, 0.15) is 11.6 Å². The first-order valence-electron chi connectivity index (χ1n) is 9.24. The standard InChI is InChI=1S/C19H22ClN5O3/c1-10-7-17(26)23-19(21-10)25-16(9-14(24-25)11-3-4-11)22-18(27)13-8-12(20)5-6-15(13)28-2/h5-6,8-11,19,21H,3-4,7H2,1-2H3,(H,22,27)(H,23,26). The van der Waals surface area contributed by atoms with Crippen LogP contribution >= 0.6 is 11.6 Å². The van der Waals surface area contributed by atoms with Crippen molar-refractivity contribution in [1.82, 2.24) is 20.4 Å². The van der Waals surface area contributed by atoms with Crippen molar-refractivity contribution in [3.05, 3.63) is 40.5 Å². The van der Waals surface area contributed by atoms with Gasteiger partial charge in [0.15, 0.2) is 6.29 Å². The number of aromatic nitrogens is 2. The number of carbonyl (C=O) groups is 2. The van der Waals surface area contributed by atoms with E-state index < -0.39 is 6.29 Å². The highest BCUT2D eigenvalue weighted by Crippen LogP contribution is 2.40. The van der Waals surface area contributed by atoms with E-state index in [1.807, 2.05) is 13.0 Å². The van der Waals surface area contributed by atoms with E-state index in [-0.39, 0.29) is 17.9 Å². The van der Waals surface area contributed by atoms with Gasteiger partial charge in [-0.1, -0.05) is 11.6 Å². The van der Waals surface area contributed by atoms with Crippen LogP contribution in [0.15, 0.2) is 24.3 Å². The van der Waals surface area contributed by atoms with Gasteiger partial charge in [0.25, 0.3) is 5.91 Å². The van der Waals surface area contributed by atoms with Gasteiger partial charge in [-0.2, -0.15) is 5.10 Å². The van der Waals surface area contributed by atoms with Crippen LogP contribution in [0.5, 0.6) is 5.75 Å². The van der Waals surface area contributed by atoms with E-state index in [4.69, 9.17) is 16.3 Å². The normalized spacial score (nSPS) is 21.9. The van der Waals surface area contributed by atoms with Gasteiger partial charge in [0.2, 0.25) is 5.91 Å². The lowest BCUT2D eigenvalue weighted by atomic mass is 10.2. The summed E-state index contributed by atoms with van der Waals surface area (Å²) in [6, 6.07) is 6.73. The van der Waals surface area contributed by atoms with Crippen LogP contribution in [0.3, 0.4) is 0 Å². The Balaban J connectivity index is 1.64. The second-order valence-electron chi connectivity index (χ2n) is 7.21. The maximum Gasteiger partial charge on any atom is 0.260 e. The van der Waals surface area contributed by atoms with Crippen LogP contribution < -0.4 is 20.7 Å². The van der Waals surface area contributed by atoms with Crippen molar-refractivity contribution in [2.24, 2.45) is 0 Å². The molecule has 0 spiro atoms. The molecule has 28 heavy (non-hydrogen) atoms. The van der Waals surface area contributed by atoms with Crippen LogP contribution in [0.1, 0.15) is 54.4 Å². The molecule has 2 heterocycles. The third-order valence-electron chi connectivity index (χ3n) is 4.87. The maximum atomic E-state index is 12.9. The predicted octanol–water partition coefficient (Wildman–Crippen LogP) is 2.63. The van der Waals surface area contributed by atoms with Crippen molar-refractivity contribution < 1.29 is 14.3 Å². The number of methoxy groups -OCH3 is 1. The van der Waals surface area contributed by atoms with Gasteiger partial charge < -0.3 is 15.4 Å².